The molecule has 4 nitrogen and oxygen atoms in total. The zero-order valence-electron chi connectivity index (χ0n) is 18.4. The third-order valence-corrected chi connectivity index (χ3v) is 9.55. The molecular formula is C25H35NO3S. The molecule has 1 heterocycles. The van der Waals surface area contributed by atoms with Crippen molar-refractivity contribution in [3.63, 3.8) is 0 Å². The van der Waals surface area contributed by atoms with E-state index < -0.39 is 0 Å². The minimum Gasteiger partial charge on any atom is -0.462 e. The summed E-state index contributed by atoms with van der Waals surface area (Å²) < 4.78 is 5.38. The fourth-order valence-corrected chi connectivity index (χ4v) is 8.89. The molecule has 4 saturated carbocycles. The average molecular weight is 430 g/mol. The highest BCUT2D eigenvalue weighted by atomic mass is 32.1. The van der Waals surface area contributed by atoms with Crippen LogP contribution in [0.25, 0.3) is 0 Å². The zero-order chi connectivity index (χ0) is 20.9. The van der Waals surface area contributed by atoms with Gasteiger partial charge in [-0.1, -0.05) is 13.3 Å². The molecule has 30 heavy (non-hydrogen) atoms. The SMILES string of the molecule is CCOC(=O)c1c(NC(=O)CC23CC4CC(CC(C4)C2)C3)sc2c1CC[C@@H](CC)C2. The molecule has 1 aromatic heterocycles. The van der Waals surface area contributed by atoms with E-state index in [0.29, 0.717) is 24.5 Å². The second-order valence-electron chi connectivity index (χ2n) is 10.6. The number of hydrogen-bond acceptors (Lipinski definition) is 4. The summed E-state index contributed by atoms with van der Waals surface area (Å²) >= 11 is 1.62. The highest BCUT2D eigenvalue weighted by molar-refractivity contribution is 7.17. The van der Waals surface area contributed by atoms with Crippen LogP contribution in [-0.2, 0) is 22.4 Å². The van der Waals surface area contributed by atoms with E-state index in [1.165, 1.54) is 49.8 Å². The summed E-state index contributed by atoms with van der Waals surface area (Å²) in [5.41, 5.74) is 1.99. The van der Waals surface area contributed by atoms with Crippen LogP contribution in [0, 0.1) is 29.1 Å². The molecule has 1 atom stereocenters. The molecule has 0 aromatic carbocycles. The van der Waals surface area contributed by atoms with E-state index in [2.05, 4.69) is 12.2 Å². The number of fused-ring (bicyclic) bond motifs is 1. The van der Waals surface area contributed by atoms with Crippen molar-refractivity contribution in [2.45, 2.75) is 84.5 Å². The fraction of sp³-hybridized carbons (Fsp3) is 0.760. The first kappa shape index (κ1) is 20.5. The summed E-state index contributed by atoms with van der Waals surface area (Å²) in [5.74, 6) is 3.06. The van der Waals surface area contributed by atoms with Crippen molar-refractivity contribution in [2.75, 3.05) is 11.9 Å². The summed E-state index contributed by atoms with van der Waals surface area (Å²) in [6, 6.07) is 0. The van der Waals surface area contributed by atoms with Gasteiger partial charge in [-0.2, -0.15) is 0 Å². The van der Waals surface area contributed by atoms with Gasteiger partial charge < -0.3 is 10.1 Å². The summed E-state index contributed by atoms with van der Waals surface area (Å²) in [7, 11) is 0. The van der Waals surface area contributed by atoms with Crippen LogP contribution in [-0.4, -0.2) is 18.5 Å². The minimum absolute atomic E-state index is 0.105. The van der Waals surface area contributed by atoms with E-state index in [-0.39, 0.29) is 17.3 Å². The third kappa shape index (κ3) is 3.72. The summed E-state index contributed by atoms with van der Waals surface area (Å²) in [5, 5.41) is 3.93. The van der Waals surface area contributed by atoms with Gasteiger partial charge in [-0.15, -0.1) is 11.3 Å². The first-order valence-electron chi connectivity index (χ1n) is 12.1. The third-order valence-electron chi connectivity index (χ3n) is 8.38. The van der Waals surface area contributed by atoms with Gasteiger partial charge in [0.05, 0.1) is 12.2 Å². The van der Waals surface area contributed by atoms with Crippen LogP contribution < -0.4 is 5.32 Å². The van der Waals surface area contributed by atoms with Gasteiger partial charge >= 0.3 is 5.97 Å². The Bertz CT molecular complexity index is 806. The largest absolute Gasteiger partial charge is 0.462 e. The standard InChI is InChI=1S/C25H35NO3S/c1-3-15-5-6-19-20(10-15)30-23(22(19)24(28)29-4-2)26-21(27)14-25-11-16-7-17(12-25)9-18(8-16)13-25/h15-18H,3-14H2,1-2H3,(H,26,27)/t15-,16?,17?,18?,25?/m1/s1. The predicted molar refractivity (Wildman–Crippen MR) is 120 cm³/mol. The van der Waals surface area contributed by atoms with Crippen LogP contribution in [0.2, 0.25) is 0 Å². The normalized spacial score (nSPS) is 33.9. The zero-order valence-corrected chi connectivity index (χ0v) is 19.2. The summed E-state index contributed by atoms with van der Waals surface area (Å²) in [6.07, 6.45) is 12.7. The molecule has 1 amide bonds. The number of amides is 1. The van der Waals surface area contributed by atoms with Gasteiger partial charge in [0, 0.05) is 11.3 Å². The van der Waals surface area contributed by atoms with Crippen molar-refractivity contribution in [3.8, 4) is 0 Å². The molecule has 1 N–H and O–H groups in total. The summed E-state index contributed by atoms with van der Waals surface area (Å²) in [6.45, 7) is 4.44. The van der Waals surface area contributed by atoms with Gasteiger partial charge in [-0.25, -0.2) is 4.79 Å². The number of nitrogens with one attached hydrogen (secondary N) is 1. The highest BCUT2D eigenvalue weighted by Crippen LogP contribution is 2.61. The van der Waals surface area contributed by atoms with Crippen molar-refractivity contribution in [1.29, 1.82) is 0 Å². The van der Waals surface area contributed by atoms with Crippen LogP contribution in [0.3, 0.4) is 0 Å². The number of hydrogen-bond donors (Lipinski definition) is 1. The first-order chi connectivity index (χ1) is 14.5. The maximum Gasteiger partial charge on any atom is 0.341 e. The van der Waals surface area contributed by atoms with E-state index in [4.69, 9.17) is 4.74 Å². The highest BCUT2D eigenvalue weighted by Gasteiger charge is 2.51. The van der Waals surface area contributed by atoms with E-state index in [9.17, 15) is 9.59 Å². The molecule has 6 rings (SSSR count). The molecule has 0 aliphatic heterocycles. The Labute approximate surface area is 184 Å². The first-order valence-corrected chi connectivity index (χ1v) is 12.9. The quantitative estimate of drug-likeness (QED) is 0.566. The Kier molecular flexibility index (Phi) is 5.45. The van der Waals surface area contributed by atoms with Gasteiger partial charge in [-0.3, -0.25) is 4.79 Å². The van der Waals surface area contributed by atoms with E-state index in [0.717, 1.165) is 47.6 Å². The van der Waals surface area contributed by atoms with Gasteiger partial charge in [0.1, 0.15) is 5.00 Å². The Morgan fingerprint density at radius 3 is 2.37 bits per heavy atom. The number of rotatable bonds is 6. The smallest absolute Gasteiger partial charge is 0.341 e. The van der Waals surface area contributed by atoms with Gasteiger partial charge in [0.15, 0.2) is 0 Å². The Balaban J connectivity index is 1.35. The number of ether oxygens (including phenoxy) is 1. The molecule has 5 aliphatic rings. The molecular weight excluding hydrogens is 394 g/mol. The number of anilines is 1. The van der Waals surface area contributed by atoms with Crippen LogP contribution in [0.1, 0.15) is 92.4 Å². The van der Waals surface area contributed by atoms with Crippen LogP contribution in [0.15, 0.2) is 0 Å². The number of thiophene rings is 1. The second-order valence-corrected chi connectivity index (χ2v) is 11.7. The topological polar surface area (TPSA) is 55.4 Å². The average Bonchev–Trinajstić information content (AvgIpc) is 3.03. The molecule has 4 bridgehead atoms. The number of carbonyl (C=O) groups excluding carboxylic acids is 2. The molecule has 0 saturated heterocycles. The Morgan fingerprint density at radius 2 is 1.77 bits per heavy atom. The molecule has 164 valence electrons. The maximum absolute atomic E-state index is 13.2. The predicted octanol–water partition coefficient (Wildman–Crippen LogP) is 5.98. The monoisotopic (exact) mass is 429 g/mol. The maximum atomic E-state index is 13.2. The van der Waals surface area contributed by atoms with Crippen molar-refractivity contribution >= 4 is 28.2 Å². The van der Waals surface area contributed by atoms with E-state index in [1.807, 2.05) is 6.92 Å². The van der Waals surface area contributed by atoms with Crippen molar-refractivity contribution in [3.05, 3.63) is 16.0 Å². The molecule has 5 aliphatic carbocycles. The lowest BCUT2D eigenvalue weighted by Crippen LogP contribution is -2.47. The molecule has 0 unspecified atom stereocenters. The fourth-order valence-electron chi connectivity index (χ4n) is 7.53. The van der Waals surface area contributed by atoms with Crippen molar-refractivity contribution in [1.82, 2.24) is 0 Å². The Hall–Kier alpha value is -1.36. The van der Waals surface area contributed by atoms with Gasteiger partial charge in [0.2, 0.25) is 5.91 Å². The van der Waals surface area contributed by atoms with Crippen LogP contribution in [0.5, 0.6) is 0 Å². The van der Waals surface area contributed by atoms with Gasteiger partial charge in [0.25, 0.3) is 0 Å². The molecule has 1 aromatic rings. The van der Waals surface area contributed by atoms with Crippen molar-refractivity contribution < 1.29 is 14.3 Å². The number of esters is 1. The molecule has 0 spiro atoms. The van der Waals surface area contributed by atoms with Crippen molar-refractivity contribution in [2.24, 2.45) is 29.1 Å². The second kappa shape index (κ2) is 7.96. The van der Waals surface area contributed by atoms with Gasteiger partial charge in [-0.05, 0) is 99.4 Å². The van der Waals surface area contributed by atoms with E-state index in [1.54, 1.807) is 11.3 Å². The summed E-state index contributed by atoms with van der Waals surface area (Å²) in [4.78, 5) is 27.3. The lowest BCUT2D eigenvalue weighted by atomic mass is 9.49. The molecule has 0 radical (unpaired) electrons. The van der Waals surface area contributed by atoms with Crippen LogP contribution >= 0.6 is 11.3 Å². The Morgan fingerprint density at radius 1 is 1.10 bits per heavy atom. The molecule has 5 heteroatoms. The van der Waals surface area contributed by atoms with E-state index >= 15 is 0 Å². The molecule has 4 fully saturated rings. The van der Waals surface area contributed by atoms with Crippen LogP contribution in [0.4, 0.5) is 5.00 Å². The number of carbonyl (C=O) groups is 2. The lowest BCUT2D eigenvalue weighted by Gasteiger charge is -2.56. The minimum atomic E-state index is -0.268. The lowest BCUT2D eigenvalue weighted by molar-refractivity contribution is -0.124.